The highest BCUT2D eigenvalue weighted by atomic mass is 16.5. The molecular weight excluding hydrogens is 422 g/mol. The molecule has 0 atom stereocenters. The number of hydrogen-bond donors (Lipinski definition) is 1. The van der Waals surface area contributed by atoms with Crippen LogP contribution in [0.3, 0.4) is 0 Å². The molecule has 0 spiro atoms. The molecule has 1 aromatic carbocycles. The van der Waals surface area contributed by atoms with Gasteiger partial charge in [-0.2, -0.15) is 10.2 Å². The first-order valence-electron chi connectivity index (χ1n) is 10.4. The predicted octanol–water partition coefficient (Wildman–Crippen LogP) is 1.66. The molecule has 4 aromatic rings. The van der Waals surface area contributed by atoms with Gasteiger partial charge in [0.1, 0.15) is 0 Å². The summed E-state index contributed by atoms with van der Waals surface area (Å²) >= 11 is 0. The molecule has 168 valence electrons. The van der Waals surface area contributed by atoms with Gasteiger partial charge in [-0.15, -0.1) is 0 Å². The largest absolute Gasteiger partial charge is 0.481 e. The zero-order chi connectivity index (χ0) is 23.2. The van der Waals surface area contributed by atoms with Gasteiger partial charge in [-0.25, -0.2) is 14.6 Å². The molecule has 0 aliphatic rings. The minimum absolute atomic E-state index is 0.0914. The number of hydrogen-bond acceptors (Lipinski definition) is 7. The van der Waals surface area contributed by atoms with Gasteiger partial charge in [0, 0.05) is 37.0 Å². The summed E-state index contributed by atoms with van der Waals surface area (Å²) in [7, 11) is 1.83. The molecule has 10 nitrogen and oxygen atoms in total. The van der Waals surface area contributed by atoms with E-state index in [4.69, 9.17) is 4.74 Å². The van der Waals surface area contributed by atoms with E-state index >= 15 is 0 Å². The van der Waals surface area contributed by atoms with E-state index in [2.05, 4.69) is 25.5 Å². The highest BCUT2D eigenvalue weighted by Crippen LogP contribution is 2.19. The number of aryl methyl sites for hydroxylation is 1. The Morgan fingerprint density at radius 1 is 1.09 bits per heavy atom. The van der Waals surface area contributed by atoms with E-state index in [1.54, 1.807) is 16.9 Å². The highest BCUT2D eigenvalue weighted by molar-refractivity contribution is 5.77. The molecule has 0 aliphatic carbocycles. The summed E-state index contributed by atoms with van der Waals surface area (Å²) in [4.78, 5) is 32.5. The van der Waals surface area contributed by atoms with Gasteiger partial charge in [0.05, 0.1) is 30.8 Å². The summed E-state index contributed by atoms with van der Waals surface area (Å²) in [6, 6.07) is 10.8. The van der Waals surface area contributed by atoms with Crippen molar-refractivity contribution in [3.05, 3.63) is 77.1 Å². The van der Waals surface area contributed by atoms with E-state index in [9.17, 15) is 9.59 Å². The summed E-state index contributed by atoms with van der Waals surface area (Å²) in [5.74, 6) is 0.710. The summed E-state index contributed by atoms with van der Waals surface area (Å²) < 4.78 is 8.49. The molecule has 0 saturated heterocycles. The Hall–Kier alpha value is -4.34. The first-order valence-corrected chi connectivity index (χ1v) is 10.4. The maximum absolute atomic E-state index is 12.4. The first-order chi connectivity index (χ1) is 16.0. The lowest BCUT2D eigenvalue weighted by molar-refractivity contribution is -0.122. The topological polar surface area (TPSA) is 117 Å². The van der Waals surface area contributed by atoms with Gasteiger partial charge in [-0.1, -0.05) is 18.2 Å². The monoisotopic (exact) mass is 445 g/mol. The molecule has 3 heterocycles. The molecule has 0 unspecified atom stereocenters. The Morgan fingerprint density at radius 2 is 1.91 bits per heavy atom. The van der Waals surface area contributed by atoms with Crippen LogP contribution >= 0.6 is 0 Å². The lowest BCUT2D eigenvalue weighted by Gasteiger charge is -2.09. The summed E-state index contributed by atoms with van der Waals surface area (Å²) in [5, 5.41) is 11.3. The van der Waals surface area contributed by atoms with E-state index in [1.165, 1.54) is 23.1 Å². The summed E-state index contributed by atoms with van der Waals surface area (Å²) in [5.41, 5.74) is 2.98. The average molecular weight is 445 g/mol. The van der Waals surface area contributed by atoms with Crippen molar-refractivity contribution in [2.75, 3.05) is 13.2 Å². The van der Waals surface area contributed by atoms with Crippen molar-refractivity contribution in [2.24, 2.45) is 7.05 Å². The Kier molecular flexibility index (Phi) is 6.53. The average Bonchev–Trinajstić information content (AvgIpc) is 3.26. The van der Waals surface area contributed by atoms with Crippen LogP contribution in [0.15, 0.2) is 66.0 Å². The van der Waals surface area contributed by atoms with Crippen LogP contribution in [0.5, 0.6) is 5.75 Å². The van der Waals surface area contributed by atoms with Crippen LogP contribution in [0.1, 0.15) is 12.5 Å². The van der Waals surface area contributed by atoms with E-state index in [0.29, 0.717) is 30.4 Å². The Morgan fingerprint density at radius 3 is 2.64 bits per heavy atom. The maximum atomic E-state index is 12.4. The van der Waals surface area contributed by atoms with Crippen molar-refractivity contribution >= 4 is 5.91 Å². The fourth-order valence-electron chi connectivity index (χ4n) is 3.19. The lowest BCUT2D eigenvalue weighted by atomic mass is 10.1. The normalized spacial score (nSPS) is 10.7. The fourth-order valence-corrected chi connectivity index (χ4v) is 3.19. The Labute approximate surface area is 189 Å². The smallest absolute Gasteiger partial charge is 0.267 e. The van der Waals surface area contributed by atoms with Crippen LogP contribution in [0.25, 0.3) is 22.6 Å². The fraction of sp³-hybridized carbons (Fsp3) is 0.217. The molecule has 3 aromatic heterocycles. The van der Waals surface area contributed by atoms with E-state index < -0.39 is 0 Å². The zero-order valence-electron chi connectivity index (χ0n) is 18.3. The summed E-state index contributed by atoms with van der Waals surface area (Å²) in [6.45, 7) is 2.59. The van der Waals surface area contributed by atoms with Crippen LogP contribution in [0.2, 0.25) is 0 Å². The third-order valence-corrected chi connectivity index (χ3v) is 4.76. The Balaban J connectivity index is 1.49. The minimum Gasteiger partial charge on any atom is -0.481 e. The minimum atomic E-state index is -0.203. The quantitative estimate of drug-likeness (QED) is 0.438. The third-order valence-electron chi connectivity index (χ3n) is 4.76. The number of rotatable bonds is 8. The molecule has 1 N–H and O–H groups in total. The van der Waals surface area contributed by atoms with Crippen LogP contribution in [0, 0.1) is 0 Å². The van der Waals surface area contributed by atoms with Gasteiger partial charge >= 0.3 is 0 Å². The molecule has 0 saturated carbocycles. The summed E-state index contributed by atoms with van der Waals surface area (Å²) in [6.07, 6.45) is 6.60. The number of carbonyl (C=O) groups excluding carboxylic acids is 1. The molecule has 0 fully saturated rings. The van der Waals surface area contributed by atoms with Crippen molar-refractivity contribution in [2.45, 2.75) is 13.5 Å². The van der Waals surface area contributed by atoms with Crippen LogP contribution < -0.4 is 15.6 Å². The van der Waals surface area contributed by atoms with Gasteiger partial charge in [0.25, 0.3) is 11.5 Å². The molecule has 33 heavy (non-hydrogen) atoms. The molecule has 0 aliphatic heterocycles. The van der Waals surface area contributed by atoms with Gasteiger partial charge in [0.15, 0.2) is 18.2 Å². The van der Waals surface area contributed by atoms with Crippen molar-refractivity contribution in [1.82, 2.24) is 34.8 Å². The number of amides is 1. The van der Waals surface area contributed by atoms with Crippen molar-refractivity contribution in [3.8, 4) is 28.4 Å². The lowest BCUT2D eigenvalue weighted by Crippen LogP contribution is -2.28. The van der Waals surface area contributed by atoms with E-state index in [0.717, 1.165) is 16.7 Å². The number of ether oxygens (including phenoxy) is 1. The zero-order valence-corrected chi connectivity index (χ0v) is 18.3. The van der Waals surface area contributed by atoms with Crippen molar-refractivity contribution in [3.63, 3.8) is 0 Å². The second-order valence-corrected chi connectivity index (χ2v) is 7.30. The second kappa shape index (κ2) is 9.86. The SMILES string of the molecule is CCNC(=O)COc1cnc(-c2cccc(Cn3nc(-c4cnn(C)c4)ccc3=O)c2)nc1. The number of carbonyl (C=O) groups is 1. The molecule has 4 rings (SSSR count). The highest BCUT2D eigenvalue weighted by Gasteiger charge is 2.09. The van der Waals surface area contributed by atoms with Crippen molar-refractivity contribution in [1.29, 1.82) is 0 Å². The number of nitrogens with zero attached hydrogens (tertiary/aromatic N) is 6. The number of benzene rings is 1. The van der Waals surface area contributed by atoms with Gasteiger partial charge in [0.2, 0.25) is 0 Å². The molecule has 0 bridgehead atoms. The van der Waals surface area contributed by atoms with Gasteiger partial charge < -0.3 is 10.1 Å². The predicted molar refractivity (Wildman–Crippen MR) is 121 cm³/mol. The number of aromatic nitrogens is 6. The second-order valence-electron chi connectivity index (χ2n) is 7.30. The third kappa shape index (κ3) is 5.48. The van der Waals surface area contributed by atoms with Crippen LogP contribution in [-0.2, 0) is 18.4 Å². The molecular formula is C23H23N7O3. The Bertz CT molecular complexity index is 1310. The van der Waals surface area contributed by atoms with Gasteiger partial charge in [-0.3, -0.25) is 14.3 Å². The van der Waals surface area contributed by atoms with E-state index in [1.807, 2.05) is 44.4 Å². The molecule has 10 heteroatoms. The van der Waals surface area contributed by atoms with Crippen LogP contribution in [-0.4, -0.2) is 48.6 Å². The first kappa shape index (κ1) is 21.9. The van der Waals surface area contributed by atoms with Crippen LogP contribution in [0.4, 0.5) is 0 Å². The maximum Gasteiger partial charge on any atom is 0.267 e. The number of likely N-dealkylation sites (N-methyl/N-ethyl adjacent to an activating group) is 1. The standard InChI is InChI=1S/C23H23N7O3/c1-3-24-21(31)15-33-19-11-25-23(26-12-19)17-6-4-5-16(9-17)13-30-22(32)8-7-20(28-30)18-10-27-29(2)14-18/h4-12,14H,3,13,15H2,1-2H3,(H,24,31). The van der Waals surface area contributed by atoms with Crippen molar-refractivity contribution < 1.29 is 9.53 Å². The number of nitrogens with one attached hydrogen (secondary N) is 1. The molecule has 0 radical (unpaired) electrons. The van der Waals surface area contributed by atoms with Gasteiger partial charge in [-0.05, 0) is 24.6 Å². The van der Waals surface area contributed by atoms with E-state index in [-0.39, 0.29) is 18.1 Å². The molecule has 1 amide bonds.